The zero-order valence-corrected chi connectivity index (χ0v) is 12.3. The van der Waals surface area contributed by atoms with Gasteiger partial charge in [0.05, 0.1) is 5.92 Å². The van der Waals surface area contributed by atoms with Gasteiger partial charge in [-0.25, -0.2) is 0 Å². The third-order valence-electron chi connectivity index (χ3n) is 3.46. The van der Waals surface area contributed by atoms with Crippen LogP contribution in [0.5, 0.6) is 0 Å². The van der Waals surface area contributed by atoms with Gasteiger partial charge in [-0.15, -0.1) is 0 Å². The first-order valence-electron chi connectivity index (χ1n) is 7.05. The minimum Gasteiger partial charge on any atom is -0.481 e. The number of hydrogen-bond acceptors (Lipinski definition) is 3. The van der Waals surface area contributed by atoms with Crippen LogP contribution in [0.25, 0.3) is 0 Å². The first-order valence-corrected chi connectivity index (χ1v) is 7.05. The number of carbonyl (C=O) groups is 1. The van der Waals surface area contributed by atoms with Gasteiger partial charge in [0.25, 0.3) is 0 Å². The molecule has 0 aliphatic heterocycles. The van der Waals surface area contributed by atoms with E-state index in [1.165, 1.54) is 0 Å². The molecule has 4 nitrogen and oxygen atoms in total. The average molecular weight is 279 g/mol. The summed E-state index contributed by atoms with van der Waals surface area (Å²) in [4.78, 5) is 11.4. The molecule has 1 atom stereocenters. The molecular weight excluding hydrogens is 254 g/mol. The Morgan fingerprint density at radius 3 is 2.50 bits per heavy atom. The maximum atomic E-state index is 11.4. The highest BCUT2D eigenvalue weighted by molar-refractivity contribution is 5.76. The van der Waals surface area contributed by atoms with Crippen LogP contribution in [0.1, 0.15) is 38.2 Å². The summed E-state index contributed by atoms with van der Waals surface area (Å²) in [5.74, 6) is -1.33. The van der Waals surface area contributed by atoms with E-state index < -0.39 is 11.9 Å². The molecule has 0 radical (unpaired) electrons. The van der Waals surface area contributed by atoms with E-state index in [1.807, 2.05) is 30.3 Å². The second-order valence-electron chi connectivity index (χ2n) is 5.92. The van der Waals surface area contributed by atoms with Gasteiger partial charge in [0.2, 0.25) is 0 Å². The van der Waals surface area contributed by atoms with Crippen LogP contribution in [0.3, 0.4) is 0 Å². The molecular formula is C16H25NO3. The van der Waals surface area contributed by atoms with Crippen molar-refractivity contribution in [1.82, 2.24) is 5.32 Å². The van der Waals surface area contributed by atoms with E-state index in [-0.39, 0.29) is 12.0 Å². The summed E-state index contributed by atoms with van der Waals surface area (Å²) in [6.45, 7) is 5.60. The summed E-state index contributed by atoms with van der Waals surface area (Å²) < 4.78 is 0. The Balaban J connectivity index is 2.51. The van der Waals surface area contributed by atoms with Crippen molar-refractivity contribution in [2.45, 2.75) is 32.6 Å². The fourth-order valence-electron chi connectivity index (χ4n) is 2.23. The van der Waals surface area contributed by atoms with Crippen LogP contribution < -0.4 is 5.32 Å². The number of hydrogen-bond donors (Lipinski definition) is 3. The summed E-state index contributed by atoms with van der Waals surface area (Å²) in [5, 5.41) is 21.4. The van der Waals surface area contributed by atoms with Gasteiger partial charge < -0.3 is 15.5 Å². The van der Waals surface area contributed by atoms with Gasteiger partial charge in [-0.1, -0.05) is 44.2 Å². The molecule has 1 rings (SSSR count). The standard InChI is InChI=1S/C16H25NO3/c1-16(2,9-6-10-18)12-17-11-14(15(19)20)13-7-4-3-5-8-13/h3-5,7-8,14,17-18H,6,9-12H2,1-2H3,(H,19,20). The van der Waals surface area contributed by atoms with Gasteiger partial charge in [0, 0.05) is 19.7 Å². The molecule has 0 aliphatic rings. The first kappa shape index (κ1) is 16.7. The number of benzene rings is 1. The highest BCUT2D eigenvalue weighted by Gasteiger charge is 2.22. The Morgan fingerprint density at radius 1 is 1.30 bits per heavy atom. The van der Waals surface area contributed by atoms with Crippen LogP contribution in [-0.2, 0) is 4.79 Å². The van der Waals surface area contributed by atoms with Crippen LogP contribution >= 0.6 is 0 Å². The fraction of sp³-hybridized carbons (Fsp3) is 0.562. The van der Waals surface area contributed by atoms with Gasteiger partial charge in [-0.05, 0) is 23.8 Å². The lowest BCUT2D eigenvalue weighted by Crippen LogP contribution is -2.34. The van der Waals surface area contributed by atoms with Crippen molar-refractivity contribution in [2.24, 2.45) is 5.41 Å². The van der Waals surface area contributed by atoms with E-state index in [0.29, 0.717) is 6.54 Å². The molecule has 0 saturated heterocycles. The Labute approximate surface area is 120 Å². The van der Waals surface area contributed by atoms with E-state index >= 15 is 0 Å². The van der Waals surface area contributed by atoms with Gasteiger partial charge in [0.1, 0.15) is 0 Å². The van der Waals surface area contributed by atoms with Crippen molar-refractivity contribution in [3.8, 4) is 0 Å². The molecule has 0 aliphatic carbocycles. The van der Waals surface area contributed by atoms with E-state index in [4.69, 9.17) is 5.11 Å². The third-order valence-corrected chi connectivity index (χ3v) is 3.46. The van der Waals surface area contributed by atoms with Crippen LogP contribution in [0.2, 0.25) is 0 Å². The minimum absolute atomic E-state index is 0.0580. The second-order valence-corrected chi connectivity index (χ2v) is 5.92. The zero-order valence-electron chi connectivity index (χ0n) is 12.3. The number of carboxylic acids is 1. The number of aliphatic carboxylic acids is 1. The maximum absolute atomic E-state index is 11.4. The molecule has 0 aromatic heterocycles. The number of carboxylic acid groups (broad SMARTS) is 1. The lowest BCUT2D eigenvalue weighted by atomic mass is 9.87. The maximum Gasteiger partial charge on any atom is 0.312 e. The largest absolute Gasteiger partial charge is 0.481 e. The summed E-state index contributed by atoms with van der Waals surface area (Å²) in [6, 6.07) is 9.29. The molecule has 0 fully saturated rings. The van der Waals surface area contributed by atoms with Crippen molar-refractivity contribution < 1.29 is 15.0 Å². The SMILES string of the molecule is CC(C)(CCCO)CNCC(C(=O)O)c1ccccc1. The van der Waals surface area contributed by atoms with Gasteiger partial charge in [-0.2, -0.15) is 0 Å². The van der Waals surface area contributed by atoms with Crippen LogP contribution in [0.4, 0.5) is 0 Å². The zero-order chi connectivity index (χ0) is 15.0. The molecule has 1 aromatic carbocycles. The highest BCUT2D eigenvalue weighted by Crippen LogP contribution is 2.21. The second kappa shape index (κ2) is 8.02. The predicted molar refractivity (Wildman–Crippen MR) is 79.8 cm³/mol. The Hall–Kier alpha value is -1.39. The van der Waals surface area contributed by atoms with Crippen molar-refractivity contribution >= 4 is 5.97 Å². The monoisotopic (exact) mass is 279 g/mol. The smallest absolute Gasteiger partial charge is 0.312 e. The quantitative estimate of drug-likeness (QED) is 0.648. The van der Waals surface area contributed by atoms with Crippen molar-refractivity contribution in [2.75, 3.05) is 19.7 Å². The molecule has 0 saturated carbocycles. The molecule has 20 heavy (non-hydrogen) atoms. The van der Waals surface area contributed by atoms with Gasteiger partial charge in [-0.3, -0.25) is 4.79 Å². The molecule has 3 N–H and O–H groups in total. The first-order chi connectivity index (χ1) is 9.46. The molecule has 0 heterocycles. The van der Waals surface area contributed by atoms with Crippen molar-refractivity contribution in [3.63, 3.8) is 0 Å². The minimum atomic E-state index is -0.808. The molecule has 4 heteroatoms. The van der Waals surface area contributed by atoms with Crippen LogP contribution in [0, 0.1) is 5.41 Å². The van der Waals surface area contributed by atoms with Gasteiger partial charge in [0.15, 0.2) is 0 Å². The lowest BCUT2D eigenvalue weighted by molar-refractivity contribution is -0.138. The van der Waals surface area contributed by atoms with E-state index in [2.05, 4.69) is 19.2 Å². The fourth-order valence-corrected chi connectivity index (χ4v) is 2.23. The predicted octanol–water partition coefficient (Wildman–Crippen LogP) is 2.24. The topological polar surface area (TPSA) is 69.6 Å². The molecule has 0 bridgehead atoms. The average Bonchev–Trinajstić information content (AvgIpc) is 2.42. The normalized spacial score (nSPS) is 13.2. The number of aliphatic hydroxyl groups is 1. The van der Waals surface area contributed by atoms with Crippen LogP contribution in [0.15, 0.2) is 30.3 Å². The summed E-state index contributed by atoms with van der Waals surface area (Å²) in [5.41, 5.74) is 0.878. The Morgan fingerprint density at radius 2 is 1.95 bits per heavy atom. The van der Waals surface area contributed by atoms with E-state index in [0.717, 1.165) is 24.9 Å². The molecule has 1 unspecified atom stereocenters. The highest BCUT2D eigenvalue weighted by atomic mass is 16.4. The summed E-state index contributed by atoms with van der Waals surface area (Å²) in [7, 11) is 0. The summed E-state index contributed by atoms with van der Waals surface area (Å²) >= 11 is 0. The Kier molecular flexibility index (Phi) is 6.68. The lowest BCUT2D eigenvalue weighted by Gasteiger charge is -2.25. The van der Waals surface area contributed by atoms with E-state index in [1.54, 1.807) is 0 Å². The van der Waals surface area contributed by atoms with Gasteiger partial charge >= 0.3 is 5.97 Å². The van der Waals surface area contributed by atoms with Crippen molar-refractivity contribution in [1.29, 1.82) is 0 Å². The molecule has 1 aromatic rings. The summed E-state index contributed by atoms with van der Waals surface area (Å²) in [6.07, 6.45) is 1.69. The molecule has 0 spiro atoms. The van der Waals surface area contributed by atoms with Crippen LogP contribution in [-0.4, -0.2) is 35.9 Å². The number of aliphatic hydroxyl groups excluding tert-OH is 1. The number of rotatable bonds is 9. The van der Waals surface area contributed by atoms with E-state index in [9.17, 15) is 9.90 Å². The Bertz CT molecular complexity index is 403. The molecule has 0 amide bonds. The molecule has 112 valence electrons. The third kappa shape index (κ3) is 5.72. The number of nitrogens with one attached hydrogen (secondary N) is 1. The van der Waals surface area contributed by atoms with Crippen molar-refractivity contribution in [3.05, 3.63) is 35.9 Å².